The summed E-state index contributed by atoms with van der Waals surface area (Å²) in [7, 11) is 0. The molecule has 0 spiro atoms. The number of fused-ring (bicyclic) bond motifs is 1. The van der Waals surface area contributed by atoms with Crippen molar-refractivity contribution in [2.75, 3.05) is 0 Å². The number of allylic oxidation sites excluding steroid dienone is 1. The van der Waals surface area contributed by atoms with E-state index >= 15 is 0 Å². The highest BCUT2D eigenvalue weighted by molar-refractivity contribution is 5.90. The number of para-hydroxylation sites is 3. The van der Waals surface area contributed by atoms with Crippen molar-refractivity contribution in [2.24, 2.45) is 0 Å². The Hall–Kier alpha value is -3.58. The van der Waals surface area contributed by atoms with E-state index in [1.807, 2.05) is 42.5 Å². The molecule has 2 heterocycles. The van der Waals surface area contributed by atoms with Crippen molar-refractivity contribution in [1.82, 2.24) is 14.5 Å². The van der Waals surface area contributed by atoms with Gasteiger partial charge in [-0.3, -0.25) is 0 Å². The van der Waals surface area contributed by atoms with Gasteiger partial charge in [0.2, 0.25) is 0 Å². The number of benzene rings is 2. The standard InChI is InChI=1S/C23H20N4/c1-15-8-4-7-11-22(15)27-16(2)12-18(17(27)3)13-19(14-24)23-25-20-9-5-6-10-21(20)26-23/h4-13H,1-3H3,(H,25,26)/b19-13+. The molecule has 2 aromatic heterocycles. The molecular formula is C23H20N4. The van der Waals surface area contributed by atoms with E-state index < -0.39 is 0 Å². The van der Waals surface area contributed by atoms with Crippen LogP contribution in [0.3, 0.4) is 0 Å². The van der Waals surface area contributed by atoms with Crippen LogP contribution >= 0.6 is 0 Å². The Morgan fingerprint density at radius 3 is 2.56 bits per heavy atom. The fraction of sp³-hybridized carbons (Fsp3) is 0.130. The number of aromatic amines is 1. The molecule has 0 aliphatic rings. The van der Waals surface area contributed by atoms with Crippen LogP contribution in [-0.4, -0.2) is 14.5 Å². The Labute approximate surface area is 158 Å². The number of nitriles is 1. The Morgan fingerprint density at radius 2 is 1.81 bits per heavy atom. The van der Waals surface area contributed by atoms with E-state index in [-0.39, 0.29) is 0 Å². The first-order valence-electron chi connectivity index (χ1n) is 8.90. The minimum atomic E-state index is 0.524. The number of hydrogen-bond acceptors (Lipinski definition) is 2. The summed E-state index contributed by atoms with van der Waals surface area (Å²) in [5.74, 6) is 0.597. The second kappa shape index (κ2) is 6.62. The van der Waals surface area contributed by atoms with Crippen LogP contribution in [0.5, 0.6) is 0 Å². The summed E-state index contributed by atoms with van der Waals surface area (Å²) in [5, 5.41) is 9.71. The maximum atomic E-state index is 9.71. The maximum Gasteiger partial charge on any atom is 0.149 e. The third-order valence-corrected chi connectivity index (χ3v) is 4.89. The second-order valence-electron chi connectivity index (χ2n) is 6.72. The van der Waals surface area contributed by atoms with Crippen LogP contribution in [-0.2, 0) is 0 Å². The largest absolute Gasteiger partial charge is 0.337 e. The van der Waals surface area contributed by atoms with E-state index in [9.17, 15) is 5.26 Å². The molecule has 0 aliphatic carbocycles. The SMILES string of the molecule is Cc1ccccc1-n1c(C)cc(/C=C(\C#N)c2nc3ccccc3[nH]2)c1C. The Balaban J connectivity index is 1.82. The summed E-state index contributed by atoms with van der Waals surface area (Å²) in [6, 6.07) is 20.5. The van der Waals surface area contributed by atoms with Gasteiger partial charge in [0.25, 0.3) is 0 Å². The van der Waals surface area contributed by atoms with Crippen molar-refractivity contribution < 1.29 is 0 Å². The van der Waals surface area contributed by atoms with Crippen LogP contribution < -0.4 is 0 Å². The molecule has 4 aromatic rings. The van der Waals surface area contributed by atoms with Crippen LogP contribution in [0.1, 0.15) is 28.3 Å². The quantitative estimate of drug-likeness (QED) is 0.506. The van der Waals surface area contributed by atoms with Gasteiger partial charge >= 0.3 is 0 Å². The summed E-state index contributed by atoms with van der Waals surface area (Å²) in [4.78, 5) is 7.80. The van der Waals surface area contributed by atoms with E-state index in [1.54, 1.807) is 0 Å². The number of rotatable bonds is 3. The molecule has 0 bridgehead atoms. The van der Waals surface area contributed by atoms with Gasteiger partial charge in [-0.05, 0) is 62.2 Å². The lowest BCUT2D eigenvalue weighted by atomic mass is 10.1. The predicted molar refractivity (Wildman–Crippen MR) is 110 cm³/mol. The molecule has 1 N–H and O–H groups in total. The number of aromatic nitrogens is 3. The molecular weight excluding hydrogens is 332 g/mol. The first kappa shape index (κ1) is 16.9. The Morgan fingerprint density at radius 1 is 1.07 bits per heavy atom. The van der Waals surface area contributed by atoms with Crippen molar-refractivity contribution in [2.45, 2.75) is 20.8 Å². The molecule has 4 heteroatoms. The summed E-state index contributed by atoms with van der Waals surface area (Å²) >= 11 is 0. The van der Waals surface area contributed by atoms with Crippen molar-refractivity contribution in [3.05, 3.63) is 82.9 Å². The summed E-state index contributed by atoms with van der Waals surface area (Å²) in [6.45, 7) is 6.28. The van der Waals surface area contributed by atoms with Crippen LogP contribution in [0.25, 0.3) is 28.4 Å². The lowest BCUT2D eigenvalue weighted by Gasteiger charge is -2.12. The molecule has 4 nitrogen and oxygen atoms in total. The molecule has 132 valence electrons. The molecule has 2 aromatic carbocycles. The number of aryl methyl sites for hydroxylation is 2. The van der Waals surface area contributed by atoms with Crippen LogP contribution in [0.4, 0.5) is 0 Å². The second-order valence-corrected chi connectivity index (χ2v) is 6.72. The maximum absolute atomic E-state index is 9.71. The third kappa shape index (κ3) is 2.94. The average molecular weight is 352 g/mol. The lowest BCUT2D eigenvalue weighted by Crippen LogP contribution is -2.01. The van der Waals surface area contributed by atoms with E-state index in [2.05, 4.69) is 59.6 Å². The van der Waals surface area contributed by atoms with Gasteiger partial charge in [-0.25, -0.2) is 4.98 Å². The van der Waals surface area contributed by atoms with E-state index in [4.69, 9.17) is 0 Å². The van der Waals surface area contributed by atoms with Crippen molar-refractivity contribution in [3.63, 3.8) is 0 Å². The fourth-order valence-electron chi connectivity index (χ4n) is 3.51. The third-order valence-electron chi connectivity index (χ3n) is 4.89. The summed E-state index contributed by atoms with van der Waals surface area (Å²) in [6.07, 6.45) is 1.91. The fourth-order valence-corrected chi connectivity index (χ4v) is 3.51. The zero-order chi connectivity index (χ0) is 19.0. The van der Waals surface area contributed by atoms with Gasteiger partial charge in [0.15, 0.2) is 0 Å². The smallest absolute Gasteiger partial charge is 0.149 e. The molecule has 0 atom stereocenters. The van der Waals surface area contributed by atoms with Gasteiger partial charge in [0.1, 0.15) is 11.9 Å². The molecule has 0 aliphatic heterocycles. The number of nitrogens with one attached hydrogen (secondary N) is 1. The number of imidazole rings is 1. The van der Waals surface area contributed by atoms with Gasteiger partial charge in [0, 0.05) is 17.1 Å². The Kier molecular flexibility index (Phi) is 4.13. The highest BCUT2D eigenvalue weighted by atomic mass is 15.0. The summed E-state index contributed by atoms with van der Waals surface area (Å²) in [5.41, 5.74) is 7.95. The topological polar surface area (TPSA) is 57.4 Å². The minimum Gasteiger partial charge on any atom is -0.337 e. The molecule has 4 rings (SSSR count). The molecule has 0 radical (unpaired) electrons. The first-order valence-corrected chi connectivity index (χ1v) is 8.90. The normalized spacial score (nSPS) is 11.7. The van der Waals surface area contributed by atoms with E-state index in [0.717, 1.165) is 33.7 Å². The van der Waals surface area contributed by atoms with Gasteiger partial charge in [-0.2, -0.15) is 5.26 Å². The minimum absolute atomic E-state index is 0.524. The van der Waals surface area contributed by atoms with Crippen molar-refractivity contribution in [3.8, 4) is 11.8 Å². The number of H-pyrrole nitrogens is 1. The molecule has 0 saturated carbocycles. The number of hydrogen-bond donors (Lipinski definition) is 1. The first-order chi connectivity index (χ1) is 13.1. The van der Waals surface area contributed by atoms with Gasteiger partial charge < -0.3 is 9.55 Å². The van der Waals surface area contributed by atoms with Crippen molar-refractivity contribution >= 4 is 22.7 Å². The van der Waals surface area contributed by atoms with Gasteiger partial charge in [-0.15, -0.1) is 0 Å². The van der Waals surface area contributed by atoms with Gasteiger partial charge in [-0.1, -0.05) is 30.3 Å². The average Bonchev–Trinajstić information content (AvgIpc) is 3.21. The molecule has 0 amide bonds. The highest BCUT2D eigenvalue weighted by Gasteiger charge is 2.13. The monoisotopic (exact) mass is 352 g/mol. The zero-order valence-corrected chi connectivity index (χ0v) is 15.6. The lowest BCUT2D eigenvalue weighted by molar-refractivity contribution is 0.954. The van der Waals surface area contributed by atoms with E-state index in [0.29, 0.717) is 11.4 Å². The van der Waals surface area contributed by atoms with Crippen molar-refractivity contribution in [1.29, 1.82) is 5.26 Å². The predicted octanol–water partition coefficient (Wildman–Crippen LogP) is 5.34. The zero-order valence-electron chi connectivity index (χ0n) is 15.6. The molecule has 0 fully saturated rings. The summed E-state index contributed by atoms with van der Waals surface area (Å²) < 4.78 is 2.23. The number of nitrogens with zero attached hydrogens (tertiary/aromatic N) is 3. The highest BCUT2D eigenvalue weighted by Crippen LogP contribution is 2.26. The van der Waals surface area contributed by atoms with Crippen LogP contribution in [0.15, 0.2) is 54.6 Å². The van der Waals surface area contributed by atoms with Crippen LogP contribution in [0.2, 0.25) is 0 Å². The van der Waals surface area contributed by atoms with E-state index in [1.165, 1.54) is 5.56 Å². The molecule has 0 saturated heterocycles. The van der Waals surface area contributed by atoms with Gasteiger partial charge in [0.05, 0.1) is 16.6 Å². The molecule has 0 unspecified atom stereocenters. The van der Waals surface area contributed by atoms with Crippen LogP contribution in [0, 0.1) is 32.1 Å². The molecule has 27 heavy (non-hydrogen) atoms. The Bertz CT molecular complexity index is 1180.